The molecule has 0 saturated carbocycles. The third kappa shape index (κ3) is 3.60. The van der Waals surface area contributed by atoms with Crippen molar-refractivity contribution in [2.24, 2.45) is 0 Å². The summed E-state index contributed by atoms with van der Waals surface area (Å²) >= 11 is 0. The van der Waals surface area contributed by atoms with Crippen LogP contribution in [0.3, 0.4) is 0 Å². The van der Waals surface area contributed by atoms with E-state index >= 15 is 0 Å². The molecule has 1 aromatic heterocycles. The first-order chi connectivity index (χ1) is 13.0. The Labute approximate surface area is 157 Å². The lowest BCUT2D eigenvalue weighted by molar-refractivity contribution is -0.130. The van der Waals surface area contributed by atoms with Gasteiger partial charge in [0.15, 0.2) is 15.4 Å². The quantitative estimate of drug-likeness (QED) is 0.676. The summed E-state index contributed by atoms with van der Waals surface area (Å²) in [6.45, 7) is 0.573. The van der Waals surface area contributed by atoms with Gasteiger partial charge in [-0.25, -0.2) is 8.42 Å². The van der Waals surface area contributed by atoms with E-state index in [1.165, 1.54) is 0 Å². The van der Waals surface area contributed by atoms with Gasteiger partial charge in [-0.2, -0.15) is 0 Å². The molecule has 4 rings (SSSR count). The number of aromatic nitrogens is 1. The highest BCUT2D eigenvalue weighted by Crippen LogP contribution is 2.24. The van der Waals surface area contributed by atoms with Gasteiger partial charge in [-0.1, -0.05) is 35.5 Å². The maximum absolute atomic E-state index is 12.8. The molecule has 0 radical (unpaired) electrons. The zero-order valence-corrected chi connectivity index (χ0v) is 15.6. The Balaban J connectivity index is 1.50. The van der Waals surface area contributed by atoms with Gasteiger partial charge in [-0.05, 0) is 37.1 Å². The van der Waals surface area contributed by atoms with Crippen LogP contribution in [0.15, 0.2) is 64.0 Å². The van der Waals surface area contributed by atoms with E-state index in [-0.39, 0.29) is 24.1 Å². The highest BCUT2D eigenvalue weighted by Gasteiger charge is 2.33. The van der Waals surface area contributed by atoms with E-state index < -0.39 is 9.84 Å². The molecule has 1 amide bonds. The Morgan fingerprint density at radius 2 is 1.85 bits per heavy atom. The molecule has 6 nitrogen and oxygen atoms in total. The third-order valence-corrected chi connectivity index (χ3v) is 6.80. The van der Waals surface area contributed by atoms with E-state index in [4.69, 9.17) is 4.52 Å². The summed E-state index contributed by atoms with van der Waals surface area (Å²) in [5.41, 5.74) is 1.23. The van der Waals surface area contributed by atoms with Gasteiger partial charge in [0.05, 0.1) is 17.1 Å². The lowest BCUT2D eigenvalue weighted by Crippen LogP contribution is -2.40. The smallest absolute Gasteiger partial charge is 0.229 e. The van der Waals surface area contributed by atoms with Crippen molar-refractivity contribution in [2.75, 3.05) is 12.3 Å². The van der Waals surface area contributed by atoms with Gasteiger partial charge in [-0.15, -0.1) is 0 Å². The Morgan fingerprint density at radius 3 is 2.67 bits per heavy atom. The van der Waals surface area contributed by atoms with Crippen LogP contribution in [0.5, 0.6) is 0 Å². The number of nitrogens with zero attached hydrogens (tertiary/aromatic N) is 2. The maximum Gasteiger partial charge on any atom is 0.229 e. The molecule has 1 aliphatic heterocycles. The van der Waals surface area contributed by atoms with E-state index in [2.05, 4.69) is 5.16 Å². The van der Waals surface area contributed by atoms with Gasteiger partial charge in [0.1, 0.15) is 5.69 Å². The van der Waals surface area contributed by atoms with Crippen LogP contribution >= 0.6 is 0 Å². The highest BCUT2D eigenvalue weighted by molar-refractivity contribution is 7.91. The van der Waals surface area contributed by atoms with Gasteiger partial charge in [0.2, 0.25) is 5.91 Å². The molecule has 140 valence electrons. The number of likely N-dealkylation sites (tertiary alicyclic amines) is 1. The van der Waals surface area contributed by atoms with Gasteiger partial charge in [-0.3, -0.25) is 4.79 Å². The summed E-state index contributed by atoms with van der Waals surface area (Å²) in [7, 11) is -3.43. The Hall–Kier alpha value is -2.67. The number of fused-ring (bicyclic) bond motifs is 1. The molecule has 0 bridgehead atoms. The molecule has 1 aliphatic rings. The molecule has 0 N–H and O–H groups in total. The Bertz CT molecular complexity index is 1060. The number of para-hydroxylation sites is 1. The first-order valence-electron chi connectivity index (χ1n) is 8.95. The molecule has 1 fully saturated rings. The van der Waals surface area contributed by atoms with E-state index in [0.717, 1.165) is 11.8 Å². The Kier molecular flexibility index (Phi) is 4.70. The molecular weight excluding hydrogens is 364 g/mol. The fourth-order valence-electron chi connectivity index (χ4n) is 3.63. The van der Waals surface area contributed by atoms with Crippen LogP contribution in [0, 0.1) is 0 Å². The number of benzene rings is 2. The number of hydrogen-bond acceptors (Lipinski definition) is 5. The first kappa shape index (κ1) is 17.7. The molecule has 3 aromatic rings. The van der Waals surface area contributed by atoms with Crippen LogP contribution in [-0.2, 0) is 21.1 Å². The van der Waals surface area contributed by atoms with Crippen molar-refractivity contribution in [3.63, 3.8) is 0 Å². The highest BCUT2D eigenvalue weighted by atomic mass is 32.2. The molecule has 1 unspecified atom stereocenters. The number of amides is 1. The average Bonchev–Trinajstić information content (AvgIpc) is 3.29. The summed E-state index contributed by atoms with van der Waals surface area (Å²) in [5.74, 6) is -0.165. The van der Waals surface area contributed by atoms with Crippen LogP contribution in [0.1, 0.15) is 18.5 Å². The van der Waals surface area contributed by atoms with Crippen molar-refractivity contribution in [1.82, 2.24) is 10.1 Å². The second-order valence-electron chi connectivity index (χ2n) is 6.78. The molecular formula is C20H20N2O4S. The molecule has 7 heteroatoms. The summed E-state index contributed by atoms with van der Waals surface area (Å²) in [6, 6.07) is 15.5. The standard InChI is InChI=1S/C20H20N2O4S/c23-20(13-18-17-10-4-5-11-19(17)26-21-18)22-12-6-7-15(22)14-27(24,25)16-8-2-1-3-9-16/h1-5,8-11,15H,6-7,12-14H2. The molecule has 1 saturated heterocycles. The van der Waals surface area contributed by atoms with E-state index in [1.807, 2.05) is 18.2 Å². The van der Waals surface area contributed by atoms with Crippen LogP contribution in [0.25, 0.3) is 11.0 Å². The molecule has 0 spiro atoms. The summed E-state index contributed by atoms with van der Waals surface area (Å²) in [6.07, 6.45) is 1.61. The SMILES string of the molecule is O=C(Cc1noc2ccccc12)N1CCCC1CS(=O)(=O)c1ccccc1. The third-order valence-electron chi connectivity index (χ3n) is 4.98. The van der Waals surface area contributed by atoms with Crippen molar-refractivity contribution in [1.29, 1.82) is 0 Å². The van der Waals surface area contributed by atoms with E-state index in [9.17, 15) is 13.2 Å². The number of hydrogen-bond donors (Lipinski definition) is 0. The largest absolute Gasteiger partial charge is 0.356 e. The van der Waals surface area contributed by atoms with Crippen molar-refractivity contribution >= 4 is 26.7 Å². The minimum Gasteiger partial charge on any atom is -0.356 e. The number of carbonyl (C=O) groups is 1. The van der Waals surface area contributed by atoms with E-state index in [1.54, 1.807) is 41.3 Å². The molecule has 0 aliphatic carbocycles. The predicted molar refractivity (Wildman–Crippen MR) is 101 cm³/mol. The van der Waals surface area contributed by atoms with Crippen molar-refractivity contribution in [3.05, 3.63) is 60.3 Å². The second kappa shape index (κ2) is 7.15. The Morgan fingerprint density at radius 1 is 1.11 bits per heavy atom. The molecule has 2 heterocycles. The molecule has 27 heavy (non-hydrogen) atoms. The molecule has 1 atom stereocenters. The zero-order valence-electron chi connectivity index (χ0n) is 14.7. The van der Waals surface area contributed by atoms with Crippen molar-refractivity contribution < 1.29 is 17.7 Å². The lowest BCUT2D eigenvalue weighted by atomic mass is 10.1. The van der Waals surface area contributed by atoms with Crippen LogP contribution in [-0.4, -0.2) is 42.7 Å². The van der Waals surface area contributed by atoms with Crippen LogP contribution < -0.4 is 0 Å². The van der Waals surface area contributed by atoms with Gasteiger partial charge in [0.25, 0.3) is 0 Å². The van der Waals surface area contributed by atoms with E-state index in [0.29, 0.717) is 29.1 Å². The predicted octanol–water partition coefficient (Wildman–Crippen LogP) is 2.84. The van der Waals surface area contributed by atoms with Gasteiger partial charge >= 0.3 is 0 Å². The first-order valence-corrected chi connectivity index (χ1v) is 10.6. The van der Waals surface area contributed by atoms with Crippen LogP contribution in [0.4, 0.5) is 0 Å². The number of sulfone groups is 1. The zero-order chi connectivity index (χ0) is 18.9. The fraction of sp³-hybridized carbons (Fsp3) is 0.300. The average molecular weight is 384 g/mol. The normalized spacial score (nSPS) is 17.5. The van der Waals surface area contributed by atoms with Crippen molar-refractivity contribution in [3.8, 4) is 0 Å². The second-order valence-corrected chi connectivity index (χ2v) is 8.81. The monoisotopic (exact) mass is 384 g/mol. The van der Waals surface area contributed by atoms with Crippen LogP contribution in [0.2, 0.25) is 0 Å². The summed E-state index contributed by atoms with van der Waals surface area (Å²) in [4.78, 5) is 14.8. The molecule has 2 aromatic carbocycles. The number of rotatable bonds is 5. The summed E-state index contributed by atoms with van der Waals surface area (Å²) in [5, 5.41) is 4.83. The topological polar surface area (TPSA) is 80.5 Å². The van der Waals surface area contributed by atoms with Gasteiger partial charge in [0, 0.05) is 18.0 Å². The van der Waals surface area contributed by atoms with Gasteiger partial charge < -0.3 is 9.42 Å². The minimum atomic E-state index is -3.43. The van der Waals surface area contributed by atoms with Crippen molar-refractivity contribution in [2.45, 2.75) is 30.2 Å². The minimum absolute atomic E-state index is 0.0533. The fourth-order valence-corrected chi connectivity index (χ4v) is 5.24. The maximum atomic E-state index is 12.8. The number of carbonyl (C=O) groups excluding carboxylic acids is 1. The lowest BCUT2D eigenvalue weighted by Gasteiger charge is -2.24. The summed E-state index contributed by atoms with van der Waals surface area (Å²) < 4.78 is 30.6.